The lowest BCUT2D eigenvalue weighted by Crippen LogP contribution is -2.52. The molecule has 0 aromatic heterocycles. The van der Waals surface area contributed by atoms with Gasteiger partial charge in [0.15, 0.2) is 5.54 Å². The van der Waals surface area contributed by atoms with Crippen molar-refractivity contribution >= 4 is 29.0 Å². The molecule has 2 fully saturated rings. The van der Waals surface area contributed by atoms with E-state index in [2.05, 4.69) is 4.90 Å². The molecule has 2 aromatic carbocycles. The number of rotatable bonds is 8. The molecule has 1 unspecified atom stereocenters. The van der Waals surface area contributed by atoms with Crippen molar-refractivity contribution < 1.29 is 28.6 Å². The minimum atomic E-state index is -1.82. The van der Waals surface area contributed by atoms with Crippen LogP contribution in [0.2, 0.25) is 0 Å². The number of unbranched alkanes of at least 4 members (excludes halogenated alkanes) is 1. The van der Waals surface area contributed by atoms with Crippen LogP contribution in [0.15, 0.2) is 48.0 Å². The number of carbonyl (C=O) groups is 3. The second-order valence-electron chi connectivity index (χ2n) is 10.3. The fourth-order valence-electron chi connectivity index (χ4n) is 5.87. The van der Waals surface area contributed by atoms with Gasteiger partial charge in [0.2, 0.25) is 0 Å². The molecule has 0 radical (unpaired) electrons. The number of aliphatic hydroxyl groups excluding tert-OH is 1. The Morgan fingerprint density at radius 3 is 2.49 bits per heavy atom. The summed E-state index contributed by atoms with van der Waals surface area (Å²) in [6.07, 6.45) is 2.10. The molecule has 0 aliphatic carbocycles. The number of amides is 2. The molecule has 0 bridgehead atoms. The van der Waals surface area contributed by atoms with E-state index in [4.69, 9.17) is 4.74 Å². The highest BCUT2D eigenvalue weighted by atomic mass is 19.1. The van der Waals surface area contributed by atoms with Gasteiger partial charge in [-0.05, 0) is 37.5 Å². The van der Waals surface area contributed by atoms with E-state index in [1.54, 1.807) is 30.0 Å². The number of ether oxygens (including phenoxy) is 1. The van der Waals surface area contributed by atoms with Crippen molar-refractivity contribution in [1.29, 1.82) is 0 Å². The number of fused-ring (bicyclic) bond motifs is 2. The lowest BCUT2D eigenvalue weighted by Gasteiger charge is -2.35. The molecule has 1 atom stereocenters. The lowest BCUT2D eigenvalue weighted by molar-refractivity contribution is -0.143. The van der Waals surface area contributed by atoms with Crippen molar-refractivity contribution in [2.45, 2.75) is 38.6 Å². The summed E-state index contributed by atoms with van der Waals surface area (Å²) >= 11 is 0. The number of likely N-dealkylation sites (tertiary alicyclic amines) is 1. The number of anilines is 1. The number of Topliss-reactive ketones (excluding diaryl/α,β-unsaturated/α-hetero) is 1. The van der Waals surface area contributed by atoms with Crippen molar-refractivity contribution in [3.63, 3.8) is 0 Å². The van der Waals surface area contributed by atoms with Crippen LogP contribution in [-0.2, 0) is 24.7 Å². The summed E-state index contributed by atoms with van der Waals surface area (Å²) in [6, 6.07) is 11.2. The van der Waals surface area contributed by atoms with Crippen LogP contribution in [0.3, 0.4) is 0 Å². The van der Waals surface area contributed by atoms with Crippen LogP contribution in [0.4, 0.5) is 10.1 Å². The first kappa shape index (κ1) is 27.0. The SMILES string of the molecule is CCCCN1C(=O)C2(/C(=C(\O)c3ccc(C)c(F)c3)C(=O)C(=O)N2CCCN2CCOCC2)c2ccccc21. The second kappa shape index (κ2) is 10.9. The van der Waals surface area contributed by atoms with E-state index >= 15 is 0 Å². The van der Waals surface area contributed by atoms with Gasteiger partial charge in [0.25, 0.3) is 17.6 Å². The standard InChI is InChI=1S/C30H34FN3O5/c1-3-4-13-33-24-9-6-5-8-22(24)30(29(33)38)25(26(35)21-11-10-20(2)23(31)19-21)27(36)28(37)34(30)14-7-12-32-15-17-39-18-16-32/h5-6,8-11,19,35H,3-4,7,12-18H2,1-2H3/b26-25-. The Hall–Kier alpha value is -3.56. The molecule has 39 heavy (non-hydrogen) atoms. The van der Waals surface area contributed by atoms with Gasteiger partial charge in [-0.3, -0.25) is 19.3 Å². The van der Waals surface area contributed by atoms with Gasteiger partial charge < -0.3 is 19.6 Å². The summed E-state index contributed by atoms with van der Waals surface area (Å²) in [5.74, 6) is -3.34. The second-order valence-corrected chi connectivity index (χ2v) is 10.3. The maximum atomic E-state index is 14.5. The van der Waals surface area contributed by atoms with Crippen molar-refractivity contribution in [3.05, 3.63) is 70.5 Å². The van der Waals surface area contributed by atoms with Gasteiger partial charge >= 0.3 is 0 Å². The Bertz CT molecular complexity index is 1340. The van der Waals surface area contributed by atoms with E-state index in [1.165, 1.54) is 17.0 Å². The molecule has 2 amide bonds. The van der Waals surface area contributed by atoms with Crippen LogP contribution >= 0.6 is 0 Å². The summed E-state index contributed by atoms with van der Waals surface area (Å²) in [4.78, 5) is 47.0. The molecule has 2 aromatic rings. The number of halogens is 1. The van der Waals surface area contributed by atoms with Gasteiger partial charge in [0.1, 0.15) is 11.6 Å². The number of benzene rings is 2. The molecule has 5 rings (SSSR count). The van der Waals surface area contributed by atoms with Crippen molar-refractivity contribution in [2.24, 2.45) is 0 Å². The summed E-state index contributed by atoms with van der Waals surface area (Å²) in [5, 5.41) is 11.5. The Labute approximate surface area is 227 Å². The van der Waals surface area contributed by atoms with E-state index in [9.17, 15) is 23.9 Å². The van der Waals surface area contributed by atoms with E-state index in [0.717, 1.165) is 32.0 Å². The maximum Gasteiger partial charge on any atom is 0.296 e. The summed E-state index contributed by atoms with van der Waals surface area (Å²) in [7, 11) is 0. The first-order valence-corrected chi connectivity index (χ1v) is 13.6. The average Bonchev–Trinajstić information content (AvgIpc) is 3.32. The quantitative estimate of drug-likeness (QED) is 0.316. The minimum Gasteiger partial charge on any atom is -0.507 e. The van der Waals surface area contributed by atoms with Crippen LogP contribution in [0.25, 0.3) is 5.76 Å². The van der Waals surface area contributed by atoms with Gasteiger partial charge in [-0.2, -0.15) is 0 Å². The Balaban J connectivity index is 1.65. The molecule has 3 heterocycles. The molecule has 0 saturated carbocycles. The van der Waals surface area contributed by atoms with Crippen LogP contribution in [0.1, 0.15) is 42.9 Å². The summed E-state index contributed by atoms with van der Waals surface area (Å²) in [5.41, 5.74) is -0.630. The summed E-state index contributed by atoms with van der Waals surface area (Å²) in [6.45, 7) is 7.65. The van der Waals surface area contributed by atoms with Gasteiger partial charge in [0.05, 0.1) is 24.5 Å². The molecule has 206 valence electrons. The average molecular weight is 536 g/mol. The van der Waals surface area contributed by atoms with Crippen LogP contribution in [-0.4, -0.2) is 78.4 Å². The molecule has 1 N–H and O–H groups in total. The Morgan fingerprint density at radius 1 is 1.03 bits per heavy atom. The van der Waals surface area contributed by atoms with E-state index in [1.807, 2.05) is 13.0 Å². The number of morpholine rings is 1. The van der Waals surface area contributed by atoms with Crippen LogP contribution in [0.5, 0.6) is 0 Å². The number of hydrogen-bond donors (Lipinski definition) is 1. The Morgan fingerprint density at radius 2 is 1.77 bits per heavy atom. The zero-order valence-corrected chi connectivity index (χ0v) is 22.4. The normalized spacial score (nSPS) is 22.8. The zero-order valence-electron chi connectivity index (χ0n) is 22.4. The molecular formula is C30H34FN3O5. The largest absolute Gasteiger partial charge is 0.507 e. The first-order valence-electron chi connectivity index (χ1n) is 13.6. The topological polar surface area (TPSA) is 90.4 Å². The summed E-state index contributed by atoms with van der Waals surface area (Å²) < 4.78 is 19.9. The van der Waals surface area contributed by atoms with E-state index in [0.29, 0.717) is 49.5 Å². The molecule has 3 aliphatic rings. The van der Waals surface area contributed by atoms with Gasteiger partial charge in [-0.25, -0.2) is 4.39 Å². The molecule has 3 aliphatic heterocycles. The van der Waals surface area contributed by atoms with Crippen LogP contribution in [0, 0.1) is 12.7 Å². The highest BCUT2D eigenvalue weighted by molar-refractivity contribution is 6.50. The van der Waals surface area contributed by atoms with E-state index in [-0.39, 0.29) is 17.7 Å². The maximum absolute atomic E-state index is 14.5. The number of aryl methyl sites for hydroxylation is 1. The highest BCUT2D eigenvalue weighted by Gasteiger charge is 2.66. The van der Waals surface area contributed by atoms with Gasteiger partial charge in [0, 0.05) is 43.9 Å². The fraction of sp³-hybridized carbons (Fsp3) is 0.433. The molecule has 8 nitrogen and oxygen atoms in total. The highest BCUT2D eigenvalue weighted by Crippen LogP contribution is 2.53. The number of aliphatic hydroxyl groups is 1. The lowest BCUT2D eigenvalue weighted by atomic mass is 9.81. The predicted octanol–water partition coefficient (Wildman–Crippen LogP) is 3.58. The van der Waals surface area contributed by atoms with Crippen molar-refractivity contribution in [1.82, 2.24) is 9.80 Å². The number of carbonyl (C=O) groups excluding carboxylic acids is 3. The monoisotopic (exact) mass is 535 g/mol. The van der Waals surface area contributed by atoms with E-state index < -0.39 is 34.7 Å². The molecule has 1 spiro atoms. The van der Waals surface area contributed by atoms with Crippen LogP contribution < -0.4 is 4.90 Å². The van der Waals surface area contributed by atoms with Crippen molar-refractivity contribution in [3.8, 4) is 0 Å². The number of ketones is 1. The molecular weight excluding hydrogens is 501 g/mol. The minimum absolute atomic E-state index is 0.0427. The number of para-hydroxylation sites is 1. The first-order chi connectivity index (χ1) is 18.8. The van der Waals surface area contributed by atoms with Gasteiger partial charge in [-0.15, -0.1) is 0 Å². The predicted molar refractivity (Wildman–Crippen MR) is 145 cm³/mol. The van der Waals surface area contributed by atoms with Gasteiger partial charge in [-0.1, -0.05) is 43.7 Å². The molecule has 2 saturated heterocycles. The molecule has 9 heteroatoms. The smallest absolute Gasteiger partial charge is 0.296 e. The number of hydrogen-bond acceptors (Lipinski definition) is 6. The zero-order chi connectivity index (χ0) is 27.7. The third-order valence-corrected chi connectivity index (χ3v) is 7.95. The van der Waals surface area contributed by atoms with Crippen molar-refractivity contribution in [2.75, 3.05) is 50.8 Å². The number of nitrogens with zero attached hydrogens (tertiary/aromatic N) is 3. The third-order valence-electron chi connectivity index (χ3n) is 7.95. The third kappa shape index (κ3) is 4.43. The fourth-order valence-corrected chi connectivity index (χ4v) is 5.87. The Kier molecular flexibility index (Phi) is 7.55.